The number of rotatable bonds is 4. The number of primary sulfonamides is 1. The minimum absolute atomic E-state index is 0.0531. The monoisotopic (exact) mass is 436 g/mol. The van der Waals surface area contributed by atoms with Gasteiger partial charge in [-0.3, -0.25) is 0 Å². The molecule has 0 spiro atoms. The molecular formula is C14H18Br2N2O2S. The number of benzene rings is 1. The average Bonchev–Trinajstić information content (AvgIpc) is 2.30. The fraction of sp³-hybridized carbons (Fsp3) is 0.500. The molecule has 0 aliphatic carbocycles. The molecule has 116 valence electrons. The van der Waals surface area contributed by atoms with Crippen LogP contribution in [0.25, 0.3) is 0 Å². The molecule has 0 atom stereocenters. The highest BCUT2D eigenvalue weighted by Crippen LogP contribution is 2.43. The molecule has 0 aliphatic rings. The first-order valence-electron chi connectivity index (χ1n) is 6.47. The number of sulfonamides is 1. The van der Waals surface area contributed by atoms with E-state index in [0.29, 0.717) is 14.5 Å². The van der Waals surface area contributed by atoms with E-state index in [1.54, 1.807) is 0 Å². The van der Waals surface area contributed by atoms with Gasteiger partial charge in [-0.15, -0.1) is 0 Å². The van der Waals surface area contributed by atoms with Gasteiger partial charge in [0.05, 0.1) is 12.5 Å². The average molecular weight is 438 g/mol. The van der Waals surface area contributed by atoms with Crippen molar-refractivity contribution in [2.45, 2.75) is 50.8 Å². The van der Waals surface area contributed by atoms with Gasteiger partial charge in [-0.05, 0) is 44.5 Å². The minimum Gasteiger partial charge on any atom is -0.225 e. The zero-order chi connectivity index (χ0) is 16.5. The molecule has 4 nitrogen and oxygen atoms in total. The van der Waals surface area contributed by atoms with Gasteiger partial charge in [0.1, 0.15) is 4.90 Å². The fourth-order valence-corrected chi connectivity index (χ4v) is 6.13. The van der Waals surface area contributed by atoms with E-state index in [4.69, 9.17) is 10.4 Å². The minimum atomic E-state index is -3.88. The fourth-order valence-electron chi connectivity index (χ4n) is 2.40. The van der Waals surface area contributed by atoms with Crippen molar-refractivity contribution < 1.29 is 8.42 Å². The van der Waals surface area contributed by atoms with Crippen molar-refractivity contribution in [1.29, 1.82) is 5.26 Å². The van der Waals surface area contributed by atoms with E-state index in [0.717, 1.165) is 11.1 Å². The first-order chi connectivity index (χ1) is 9.53. The van der Waals surface area contributed by atoms with Crippen molar-refractivity contribution in [3.05, 3.63) is 25.6 Å². The maximum Gasteiger partial charge on any atom is 0.239 e. The number of nitrogens with zero attached hydrogens (tertiary/aromatic N) is 1. The van der Waals surface area contributed by atoms with E-state index >= 15 is 0 Å². The van der Waals surface area contributed by atoms with E-state index in [1.807, 2.05) is 27.7 Å². The summed E-state index contributed by atoms with van der Waals surface area (Å²) in [6.07, 6.45) is 0.206. The van der Waals surface area contributed by atoms with Crippen LogP contribution in [0.5, 0.6) is 0 Å². The van der Waals surface area contributed by atoms with Crippen LogP contribution in [0.1, 0.15) is 56.2 Å². The number of halogens is 2. The van der Waals surface area contributed by atoms with Crippen LogP contribution in [0.4, 0.5) is 0 Å². The lowest BCUT2D eigenvalue weighted by Gasteiger charge is -2.23. The van der Waals surface area contributed by atoms with Gasteiger partial charge < -0.3 is 0 Å². The molecule has 21 heavy (non-hydrogen) atoms. The van der Waals surface area contributed by atoms with Gasteiger partial charge in [-0.2, -0.15) is 5.26 Å². The lowest BCUT2D eigenvalue weighted by molar-refractivity contribution is 0.594. The lowest BCUT2D eigenvalue weighted by Crippen LogP contribution is -2.19. The lowest BCUT2D eigenvalue weighted by atomic mass is 9.90. The maximum atomic E-state index is 12.0. The predicted molar refractivity (Wildman–Crippen MR) is 90.7 cm³/mol. The molecule has 0 amide bonds. The van der Waals surface area contributed by atoms with E-state index in [1.165, 1.54) is 0 Å². The first-order valence-corrected chi connectivity index (χ1v) is 9.60. The molecule has 0 fully saturated rings. The summed E-state index contributed by atoms with van der Waals surface area (Å²) in [6.45, 7) is 7.70. The summed E-state index contributed by atoms with van der Waals surface area (Å²) in [4.78, 5) is 0.106. The van der Waals surface area contributed by atoms with Crippen LogP contribution in [0.3, 0.4) is 0 Å². The molecule has 0 aliphatic heterocycles. The summed E-state index contributed by atoms with van der Waals surface area (Å²) < 4.78 is 25.2. The number of nitriles is 1. The van der Waals surface area contributed by atoms with Crippen LogP contribution in [0.2, 0.25) is 0 Å². The quantitative estimate of drug-likeness (QED) is 0.766. The van der Waals surface area contributed by atoms with E-state index in [2.05, 4.69) is 37.9 Å². The van der Waals surface area contributed by atoms with Crippen molar-refractivity contribution in [2.75, 3.05) is 0 Å². The topological polar surface area (TPSA) is 84.0 Å². The molecule has 0 radical (unpaired) electrons. The molecule has 1 aromatic carbocycles. The van der Waals surface area contributed by atoms with Crippen LogP contribution in [0, 0.1) is 11.3 Å². The molecule has 0 bridgehead atoms. The Morgan fingerprint density at radius 3 is 1.90 bits per heavy atom. The Hall–Kier alpha value is -0.420. The van der Waals surface area contributed by atoms with E-state index in [9.17, 15) is 8.42 Å². The van der Waals surface area contributed by atoms with Gasteiger partial charge in [0.15, 0.2) is 0 Å². The summed E-state index contributed by atoms with van der Waals surface area (Å²) in [7, 11) is -3.88. The van der Waals surface area contributed by atoms with Crippen molar-refractivity contribution in [3.8, 4) is 6.07 Å². The third-order valence-corrected chi connectivity index (χ3v) is 6.19. The second-order valence-electron chi connectivity index (χ2n) is 5.45. The summed E-state index contributed by atoms with van der Waals surface area (Å²) in [5.41, 5.74) is 2.23. The Morgan fingerprint density at radius 2 is 1.57 bits per heavy atom. The molecule has 0 saturated heterocycles. The molecule has 7 heteroatoms. The van der Waals surface area contributed by atoms with Gasteiger partial charge in [0, 0.05) is 8.95 Å². The standard InChI is InChI=1S/C14H18Br2N2O2S/c1-7(2)10-9(5-6-17)12(15)11(8(3)4)14(13(10)16)21(18,19)20/h7-8H,5H2,1-4H3,(H2,18,19,20). The molecule has 1 rings (SSSR count). The summed E-state index contributed by atoms with van der Waals surface area (Å²) >= 11 is 6.89. The largest absolute Gasteiger partial charge is 0.239 e. The summed E-state index contributed by atoms with van der Waals surface area (Å²) in [5, 5.41) is 14.5. The van der Waals surface area contributed by atoms with Gasteiger partial charge in [0.2, 0.25) is 10.0 Å². The second kappa shape index (κ2) is 6.78. The van der Waals surface area contributed by atoms with Gasteiger partial charge in [-0.25, -0.2) is 13.6 Å². The highest BCUT2D eigenvalue weighted by Gasteiger charge is 2.29. The summed E-state index contributed by atoms with van der Waals surface area (Å²) in [6, 6.07) is 2.14. The molecule has 0 unspecified atom stereocenters. The molecule has 0 aromatic heterocycles. The van der Waals surface area contributed by atoms with Crippen molar-refractivity contribution >= 4 is 41.9 Å². The third kappa shape index (κ3) is 3.67. The van der Waals surface area contributed by atoms with Crippen molar-refractivity contribution in [2.24, 2.45) is 5.14 Å². The smallest absolute Gasteiger partial charge is 0.225 e. The molecular weight excluding hydrogens is 420 g/mol. The van der Waals surface area contributed by atoms with Gasteiger partial charge in [0.25, 0.3) is 0 Å². The van der Waals surface area contributed by atoms with E-state index in [-0.39, 0.29) is 23.2 Å². The van der Waals surface area contributed by atoms with Gasteiger partial charge in [-0.1, -0.05) is 43.6 Å². The van der Waals surface area contributed by atoms with Crippen LogP contribution >= 0.6 is 31.9 Å². The Morgan fingerprint density at radius 1 is 1.10 bits per heavy atom. The first kappa shape index (κ1) is 18.6. The normalized spacial score (nSPS) is 12.0. The highest BCUT2D eigenvalue weighted by molar-refractivity contribution is 9.11. The molecule has 0 heterocycles. The molecule has 0 saturated carbocycles. The molecule has 2 N–H and O–H groups in total. The van der Waals surface area contributed by atoms with Crippen LogP contribution in [-0.4, -0.2) is 8.42 Å². The Labute approximate surface area is 143 Å². The predicted octanol–water partition coefficient (Wildman–Crippen LogP) is 4.17. The van der Waals surface area contributed by atoms with Gasteiger partial charge >= 0.3 is 0 Å². The summed E-state index contributed by atoms with van der Waals surface area (Å²) in [5.74, 6) is 0.00314. The maximum absolute atomic E-state index is 12.0. The number of hydrogen-bond donors (Lipinski definition) is 1. The number of nitrogens with two attached hydrogens (primary N) is 1. The highest BCUT2D eigenvalue weighted by atomic mass is 79.9. The number of hydrogen-bond acceptors (Lipinski definition) is 3. The second-order valence-corrected chi connectivity index (χ2v) is 8.54. The zero-order valence-corrected chi connectivity index (χ0v) is 16.4. The molecule has 1 aromatic rings. The Kier molecular flexibility index (Phi) is 6.01. The van der Waals surface area contributed by atoms with Crippen LogP contribution < -0.4 is 5.14 Å². The van der Waals surface area contributed by atoms with Crippen molar-refractivity contribution in [3.63, 3.8) is 0 Å². The van der Waals surface area contributed by atoms with Crippen molar-refractivity contribution in [1.82, 2.24) is 0 Å². The van der Waals surface area contributed by atoms with Crippen LogP contribution in [-0.2, 0) is 16.4 Å². The Balaban J connectivity index is 4.05. The van der Waals surface area contributed by atoms with Crippen LogP contribution in [0.15, 0.2) is 13.8 Å². The Bertz CT molecular complexity index is 705. The zero-order valence-electron chi connectivity index (χ0n) is 12.4. The van der Waals surface area contributed by atoms with E-state index < -0.39 is 10.0 Å². The SMILES string of the molecule is CC(C)c1c(Br)c(S(N)(=O)=O)c(C(C)C)c(Br)c1CC#N. The third-order valence-electron chi connectivity index (χ3n) is 3.20.